The highest BCUT2D eigenvalue weighted by atomic mass is 35.5. The monoisotopic (exact) mass is 372 g/mol. The molecule has 0 aromatic heterocycles. The molecule has 1 heterocycles. The third-order valence-electron chi connectivity index (χ3n) is 5.07. The minimum atomic E-state index is -0.0362. The van der Waals surface area contributed by atoms with Crippen molar-refractivity contribution in [2.45, 2.75) is 25.4 Å². The van der Waals surface area contributed by atoms with Crippen LogP contribution in [0.2, 0.25) is 5.02 Å². The van der Waals surface area contributed by atoms with Gasteiger partial charge in [-0.15, -0.1) is 0 Å². The van der Waals surface area contributed by atoms with Crippen LogP contribution >= 0.6 is 11.6 Å². The molecule has 0 aliphatic carbocycles. The first-order valence-electron chi connectivity index (χ1n) is 8.95. The highest BCUT2D eigenvalue weighted by Gasteiger charge is 2.27. The van der Waals surface area contributed by atoms with E-state index in [9.17, 15) is 4.79 Å². The molecule has 4 nitrogen and oxygen atoms in total. The Morgan fingerprint density at radius 3 is 2.54 bits per heavy atom. The van der Waals surface area contributed by atoms with Gasteiger partial charge in [0.15, 0.2) is 0 Å². The first kappa shape index (κ1) is 18.7. The standard InChI is InChI=1S/C21H25ClN2O2/c1-23(21(25)19-14-17(22)8-9-20(19)26-2)18-10-12-24(13-11-18)15-16-6-4-3-5-7-16/h3-9,14,18H,10-13,15H2,1-2H3. The van der Waals surface area contributed by atoms with Crippen molar-refractivity contribution in [2.24, 2.45) is 0 Å². The molecule has 0 spiro atoms. The number of benzene rings is 2. The summed E-state index contributed by atoms with van der Waals surface area (Å²) in [6.45, 7) is 2.95. The van der Waals surface area contributed by atoms with E-state index >= 15 is 0 Å². The Hall–Kier alpha value is -2.04. The fourth-order valence-corrected chi connectivity index (χ4v) is 3.68. The number of carbonyl (C=O) groups is 1. The molecule has 0 unspecified atom stereocenters. The Morgan fingerprint density at radius 2 is 1.88 bits per heavy atom. The molecular weight excluding hydrogens is 348 g/mol. The fraction of sp³-hybridized carbons (Fsp3) is 0.381. The van der Waals surface area contributed by atoms with E-state index in [0.717, 1.165) is 32.5 Å². The lowest BCUT2D eigenvalue weighted by Gasteiger charge is -2.37. The Morgan fingerprint density at radius 1 is 1.19 bits per heavy atom. The van der Waals surface area contributed by atoms with Crippen LogP contribution in [0.25, 0.3) is 0 Å². The molecule has 0 N–H and O–H groups in total. The minimum Gasteiger partial charge on any atom is -0.496 e. The molecule has 1 aliphatic rings. The normalized spacial score (nSPS) is 15.7. The maximum absolute atomic E-state index is 12.9. The lowest BCUT2D eigenvalue weighted by molar-refractivity contribution is 0.0633. The first-order chi connectivity index (χ1) is 12.6. The van der Waals surface area contributed by atoms with Crippen molar-refractivity contribution in [3.8, 4) is 5.75 Å². The summed E-state index contributed by atoms with van der Waals surface area (Å²) in [5.74, 6) is 0.527. The molecule has 1 fully saturated rings. The predicted octanol–water partition coefficient (Wildman–Crippen LogP) is 4.09. The Labute approximate surface area is 160 Å². The van der Waals surface area contributed by atoms with Gasteiger partial charge in [-0.05, 0) is 36.6 Å². The van der Waals surface area contributed by atoms with Gasteiger partial charge >= 0.3 is 0 Å². The van der Waals surface area contributed by atoms with Crippen LogP contribution in [0.1, 0.15) is 28.8 Å². The number of piperidine rings is 1. The SMILES string of the molecule is COc1ccc(Cl)cc1C(=O)N(C)C1CCN(Cc2ccccc2)CC1. The van der Waals surface area contributed by atoms with E-state index < -0.39 is 0 Å². The topological polar surface area (TPSA) is 32.8 Å². The van der Waals surface area contributed by atoms with Crippen molar-refractivity contribution in [1.82, 2.24) is 9.80 Å². The zero-order valence-corrected chi connectivity index (χ0v) is 16.1. The Kier molecular flexibility index (Phi) is 6.17. The van der Waals surface area contributed by atoms with Crippen molar-refractivity contribution in [2.75, 3.05) is 27.2 Å². The highest BCUT2D eigenvalue weighted by Crippen LogP contribution is 2.26. The van der Waals surface area contributed by atoms with E-state index in [-0.39, 0.29) is 11.9 Å². The van der Waals surface area contributed by atoms with Gasteiger partial charge in [0, 0.05) is 37.7 Å². The third-order valence-corrected chi connectivity index (χ3v) is 5.30. The van der Waals surface area contributed by atoms with Gasteiger partial charge in [0.2, 0.25) is 0 Å². The number of hydrogen-bond donors (Lipinski definition) is 0. The number of carbonyl (C=O) groups excluding carboxylic acids is 1. The number of hydrogen-bond acceptors (Lipinski definition) is 3. The summed E-state index contributed by atoms with van der Waals surface area (Å²) < 4.78 is 5.33. The van der Waals surface area contributed by atoms with E-state index in [1.54, 1.807) is 25.3 Å². The molecule has 26 heavy (non-hydrogen) atoms. The van der Waals surface area contributed by atoms with Crippen LogP contribution in [0.3, 0.4) is 0 Å². The van der Waals surface area contributed by atoms with Crippen LogP contribution in [0.4, 0.5) is 0 Å². The molecule has 5 heteroatoms. The number of nitrogens with zero attached hydrogens (tertiary/aromatic N) is 2. The summed E-state index contributed by atoms with van der Waals surface area (Å²) in [5, 5.41) is 0.542. The van der Waals surface area contributed by atoms with Crippen LogP contribution in [0, 0.1) is 0 Å². The van der Waals surface area contributed by atoms with Gasteiger partial charge < -0.3 is 9.64 Å². The fourth-order valence-electron chi connectivity index (χ4n) is 3.51. The largest absolute Gasteiger partial charge is 0.496 e. The van der Waals surface area contributed by atoms with Crippen LogP contribution < -0.4 is 4.74 Å². The lowest BCUT2D eigenvalue weighted by atomic mass is 10.0. The number of likely N-dealkylation sites (tertiary alicyclic amines) is 1. The Bertz CT molecular complexity index is 743. The average Bonchev–Trinajstić information content (AvgIpc) is 2.68. The molecule has 1 saturated heterocycles. The van der Waals surface area contributed by atoms with Crippen molar-refractivity contribution in [3.63, 3.8) is 0 Å². The van der Waals surface area contributed by atoms with E-state index in [2.05, 4.69) is 29.2 Å². The van der Waals surface area contributed by atoms with Crippen LogP contribution in [0.5, 0.6) is 5.75 Å². The average molecular weight is 373 g/mol. The summed E-state index contributed by atoms with van der Waals surface area (Å²) in [6, 6.07) is 15.9. The molecule has 1 amide bonds. The van der Waals surface area contributed by atoms with Gasteiger partial charge in [0.05, 0.1) is 12.7 Å². The number of halogens is 1. The summed E-state index contributed by atoms with van der Waals surface area (Å²) in [4.78, 5) is 17.2. The molecule has 1 aliphatic heterocycles. The number of amides is 1. The summed E-state index contributed by atoms with van der Waals surface area (Å²) in [5.41, 5.74) is 1.85. The minimum absolute atomic E-state index is 0.0362. The molecule has 0 radical (unpaired) electrons. The smallest absolute Gasteiger partial charge is 0.257 e. The molecule has 2 aromatic rings. The second-order valence-corrected chi connectivity index (χ2v) is 7.19. The van der Waals surface area contributed by atoms with Gasteiger partial charge in [0.1, 0.15) is 5.75 Å². The Balaban J connectivity index is 1.60. The van der Waals surface area contributed by atoms with Crippen LogP contribution in [-0.2, 0) is 6.54 Å². The second-order valence-electron chi connectivity index (χ2n) is 6.75. The molecule has 0 saturated carbocycles. The maximum atomic E-state index is 12.9. The first-order valence-corrected chi connectivity index (χ1v) is 9.33. The molecule has 2 aromatic carbocycles. The molecule has 3 rings (SSSR count). The van der Waals surface area contributed by atoms with Crippen LogP contribution in [0.15, 0.2) is 48.5 Å². The van der Waals surface area contributed by atoms with Gasteiger partial charge in [-0.3, -0.25) is 9.69 Å². The van der Waals surface area contributed by atoms with Gasteiger partial charge in [0.25, 0.3) is 5.91 Å². The van der Waals surface area contributed by atoms with Crippen LogP contribution in [-0.4, -0.2) is 49.0 Å². The molecular formula is C21H25ClN2O2. The molecule has 138 valence electrons. The molecule has 0 bridgehead atoms. The van der Waals surface area contributed by atoms with Crippen molar-refractivity contribution >= 4 is 17.5 Å². The summed E-state index contributed by atoms with van der Waals surface area (Å²) in [7, 11) is 3.45. The third kappa shape index (κ3) is 4.37. The molecule has 0 atom stereocenters. The zero-order chi connectivity index (χ0) is 18.5. The van der Waals surface area contributed by atoms with E-state index in [0.29, 0.717) is 16.3 Å². The maximum Gasteiger partial charge on any atom is 0.257 e. The van der Waals surface area contributed by atoms with E-state index in [1.165, 1.54) is 5.56 Å². The lowest BCUT2D eigenvalue weighted by Crippen LogP contribution is -2.45. The number of ether oxygens (including phenoxy) is 1. The number of methoxy groups -OCH3 is 1. The van der Waals surface area contributed by atoms with Gasteiger partial charge in [-0.2, -0.15) is 0 Å². The van der Waals surface area contributed by atoms with E-state index in [4.69, 9.17) is 16.3 Å². The summed E-state index contributed by atoms with van der Waals surface area (Å²) in [6.07, 6.45) is 1.94. The van der Waals surface area contributed by atoms with Gasteiger partial charge in [-0.25, -0.2) is 0 Å². The zero-order valence-electron chi connectivity index (χ0n) is 15.3. The predicted molar refractivity (Wildman–Crippen MR) is 105 cm³/mol. The highest BCUT2D eigenvalue weighted by molar-refractivity contribution is 6.31. The van der Waals surface area contributed by atoms with Crippen molar-refractivity contribution < 1.29 is 9.53 Å². The van der Waals surface area contributed by atoms with Crippen molar-refractivity contribution in [3.05, 3.63) is 64.7 Å². The van der Waals surface area contributed by atoms with E-state index in [1.807, 2.05) is 18.0 Å². The quantitative estimate of drug-likeness (QED) is 0.792. The second kappa shape index (κ2) is 8.56. The number of rotatable bonds is 5. The van der Waals surface area contributed by atoms with Gasteiger partial charge in [-0.1, -0.05) is 41.9 Å². The van der Waals surface area contributed by atoms with Crippen molar-refractivity contribution in [1.29, 1.82) is 0 Å². The summed E-state index contributed by atoms with van der Waals surface area (Å²) >= 11 is 6.07.